The number of benzene rings is 2. The molecule has 134 valence electrons. The average molecular weight is 375 g/mol. The van der Waals surface area contributed by atoms with Crippen molar-refractivity contribution in [1.82, 2.24) is 19.9 Å². The van der Waals surface area contributed by atoms with Crippen LogP contribution in [0.1, 0.15) is 16.1 Å². The Morgan fingerprint density at radius 3 is 2.63 bits per heavy atom. The van der Waals surface area contributed by atoms with Crippen LogP contribution in [0.25, 0.3) is 5.69 Å². The van der Waals surface area contributed by atoms with Crippen molar-refractivity contribution in [3.63, 3.8) is 0 Å². The van der Waals surface area contributed by atoms with Crippen molar-refractivity contribution in [2.45, 2.75) is 6.54 Å². The van der Waals surface area contributed by atoms with Gasteiger partial charge in [-0.05, 0) is 29.8 Å². The first kappa shape index (κ1) is 17.0. The summed E-state index contributed by atoms with van der Waals surface area (Å²) in [5.74, 6) is -0.182. The molecule has 0 aliphatic carbocycles. The number of amides is 1. The molecule has 0 aliphatic rings. The van der Waals surface area contributed by atoms with E-state index >= 15 is 0 Å². The van der Waals surface area contributed by atoms with Crippen molar-refractivity contribution in [2.75, 3.05) is 5.32 Å². The summed E-state index contributed by atoms with van der Waals surface area (Å²) in [5.41, 5.74) is 3.40. The van der Waals surface area contributed by atoms with Gasteiger partial charge < -0.3 is 15.2 Å². The van der Waals surface area contributed by atoms with E-state index in [4.69, 9.17) is 0 Å². The number of hydrogen-bond donors (Lipinski definition) is 2. The molecule has 0 bridgehead atoms. The number of aromatic nitrogens is 3. The van der Waals surface area contributed by atoms with E-state index in [1.807, 2.05) is 65.4 Å². The van der Waals surface area contributed by atoms with Crippen LogP contribution in [-0.4, -0.2) is 20.4 Å². The minimum absolute atomic E-state index is 0.182. The van der Waals surface area contributed by atoms with Gasteiger partial charge in [0.25, 0.3) is 5.91 Å². The first-order valence-electron chi connectivity index (χ1n) is 8.41. The Hall–Kier alpha value is -3.45. The summed E-state index contributed by atoms with van der Waals surface area (Å²) in [7, 11) is 0. The lowest BCUT2D eigenvalue weighted by molar-refractivity contribution is 0.0946. The van der Waals surface area contributed by atoms with Crippen molar-refractivity contribution in [3.05, 3.63) is 90.0 Å². The van der Waals surface area contributed by atoms with Crippen molar-refractivity contribution >= 4 is 28.1 Å². The highest BCUT2D eigenvalue weighted by atomic mass is 32.1. The first-order valence-corrected chi connectivity index (χ1v) is 9.29. The van der Waals surface area contributed by atoms with Gasteiger partial charge in [0.2, 0.25) is 0 Å². The van der Waals surface area contributed by atoms with E-state index in [-0.39, 0.29) is 5.91 Å². The lowest BCUT2D eigenvalue weighted by Gasteiger charge is -2.05. The van der Waals surface area contributed by atoms with Gasteiger partial charge in [0.1, 0.15) is 5.69 Å². The molecule has 4 aromatic rings. The summed E-state index contributed by atoms with van der Waals surface area (Å²) in [5, 5.41) is 8.54. The summed E-state index contributed by atoms with van der Waals surface area (Å²) in [6, 6.07) is 17.7. The van der Waals surface area contributed by atoms with Crippen molar-refractivity contribution in [3.8, 4) is 5.69 Å². The molecule has 2 aromatic heterocycles. The maximum absolute atomic E-state index is 12.3. The zero-order chi connectivity index (χ0) is 18.5. The van der Waals surface area contributed by atoms with Gasteiger partial charge in [0.05, 0.1) is 6.33 Å². The van der Waals surface area contributed by atoms with E-state index in [0.29, 0.717) is 17.4 Å². The van der Waals surface area contributed by atoms with Crippen LogP contribution in [0, 0.1) is 0 Å². The van der Waals surface area contributed by atoms with E-state index in [0.717, 1.165) is 16.9 Å². The Balaban J connectivity index is 1.37. The Morgan fingerprint density at radius 1 is 1.07 bits per heavy atom. The van der Waals surface area contributed by atoms with Gasteiger partial charge in [-0.2, -0.15) is 0 Å². The monoisotopic (exact) mass is 375 g/mol. The first-order chi connectivity index (χ1) is 13.3. The highest BCUT2D eigenvalue weighted by molar-refractivity contribution is 7.14. The molecule has 7 heteroatoms. The summed E-state index contributed by atoms with van der Waals surface area (Å²) in [6.45, 7) is 0.482. The quantitative estimate of drug-likeness (QED) is 0.534. The highest BCUT2D eigenvalue weighted by Crippen LogP contribution is 2.22. The Morgan fingerprint density at radius 2 is 1.89 bits per heavy atom. The molecular weight excluding hydrogens is 358 g/mol. The van der Waals surface area contributed by atoms with E-state index in [1.54, 1.807) is 17.9 Å². The lowest BCUT2D eigenvalue weighted by Crippen LogP contribution is -2.23. The van der Waals surface area contributed by atoms with Gasteiger partial charge in [-0.3, -0.25) is 4.79 Å². The number of hydrogen-bond acceptors (Lipinski definition) is 5. The molecule has 2 aromatic carbocycles. The van der Waals surface area contributed by atoms with Crippen LogP contribution >= 0.6 is 11.3 Å². The topological polar surface area (TPSA) is 71.8 Å². The summed E-state index contributed by atoms with van der Waals surface area (Å²) in [4.78, 5) is 20.7. The number of imidazole rings is 1. The van der Waals surface area contributed by atoms with E-state index in [9.17, 15) is 4.79 Å². The molecule has 2 N–H and O–H groups in total. The molecule has 0 fully saturated rings. The maximum Gasteiger partial charge on any atom is 0.271 e. The largest absolute Gasteiger partial charge is 0.347 e. The maximum atomic E-state index is 12.3. The molecule has 0 spiro atoms. The summed E-state index contributed by atoms with van der Waals surface area (Å²) < 4.78 is 1.93. The minimum atomic E-state index is -0.182. The Labute approximate surface area is 160 Å². The van der Waals surface area contributed by atoms with Gasteiger partial charge >= 0.3 is 0 Å². The molecule has 27 heavy (non-hydrogen) atoms. The Bertz CT molecular complexity index is 1010. The number of nitrogens with zero attached hydrogens (tertiary/aromatic N) is 3. The molecule has 4 rings (SSSR count). The van der Waals surface area contributed by atoms with Crippen molar-refractivity contribution < 1.29 is 4.79 Å². The summed E-state index contributed by atoms with van der Waals surface area (Å²) >= 11 is 1.40. The van der Waals surface area contributed by atoms with E-state index in [2.05, 4.69) is 20.6 Å². The lowest BCUT2D eigenvalue weighted by atomic mass is 10.2. The SMILES string of the molecule is O=C(NCc1ccccc1)c1csc(Nc2ccc(-n3ccnc3)cc2)n1. The average Bonchev–Trinajstić information content (AvgIpc) is 3.40. The molecular formula is C20H17N5OS. The van der Waals surface area contributed by atoms with Gasteiger partial charge in [-0.1, -0.05) is 30.3 Å². The van der Waals surface area contributed by atoms with Crippen LogP contribution in [-0.2, 0) is 6.54 Å². The fourth-order valence-electron chi connectivity index (χ4n) is 2.56. The third-order valence-electron chi connectivity index (χ3n) is 3.95. The van der Waals surface area contributed by atoms with Gasteiger partial charge in [-0.25, -0.2) is 9.97 Å². The van der Waals surface area contributed by atoms with Crippen molar-refractivity contribution in [2.24, 2.45) is 0 Å². The highest BCUT2D eigenvalue weighted by Gasteiger charge is 2.10. The normalized spacial score (nSPS) is 10.5. The summed E-state index contributed by atoms with van der Waals surface area (Å²) in [6.07, 6.45) is 5.39. The van der Waals surface area contributed by atoms with Crippen LogP contribution < -0.4 is 10.6 Å². The van der Waals surface area contributed by atoms with Crippen molar-refractivity contribution in [1.29, 1.82) is 0 Å². The zero-order valence-electron chi connectivity index (χ0n) is 14.4. The number of anilines is 2. The van der Waals surface area contributed by atoms with Gasteiger partial charge in [0.15, 0.2) is 5.13 Å². The van der Waals surface area contributed by atoms with E-state index in [1.165, 1.54) is 11.3 Å². The second-order valence-electron chi connectivity index (χ2n) is 5.85. The second-order valence-corrected chi connectivity index (χ2v) is 6.71. The fourth-order valence-corrected chi connectivity index (χ4v) is 3.27. The van der Waals surface area contributed by atoms with Gasteiger partial charge in [0, 0.05) is 35.7 Å². The number of carbonyl (C=O) groups excluding carboxylic acids is 1. The molecule has 6 nitrogen and oxygen atoms in total. The molecule has 0 radical (unpaired) electrons. The van der Waals surface area contributed by atoms with Crippen LogP contribution in [0.15, 0.2) is 78.7 Å². The smallest absolute Gasteiger partial charge is 0.271 e. The third-order valence-corrected chi connectivity index (χ3v) is 4.71. The third kappa shape index (κ3) is 4.21. The fraction of sp³-hybridized carbons (Fsp3) is 0.0500. The van der Waals surface area contributed by atoms with Gasteiger partial charge in [-0.15, -0.1) is 11.3 Å². The van der Waals surface area contributed by atoms with Crippen LogP contribution in [0.5, 0.6) is 0 Å². The standard InChI is InChI=1S/C20H17N5OS/c26-19(22-12-15-4-2-1-3-5-15)18-13-27-20(24-18)23-16-6-8-17(9-7-16)25-11-10-21-14-25/h1-11,13-14H,12H2,(H,22,26)(H,23,24). The molecule has 0 saturated carbocycles. The number of nitrogens with one attached hydrogen (secondary N) is 2. The minimum Gasteiger partial charge on any atom is -0.347 e. The molecule has 1 amide bonds. The molecule has 0 atom stereocenters. The predicted molar refractivity (Wildman–Crippen MR) is 107 cm³/mol. The number of carbonyl (C=O) groups is 1. The molecule has 0 aliphatic heterocycles. The van der Waals surface area contributed by atoms with E-state index < -0.39 is 0 Å². The zero-order valence-corrected chi connectivity index (χ0v) is 15.2. The second kappa shape index (κ2) is 7.84. The molecule has 0 unspecified atom stereocenters. The van der Waals surface area contributed by atoms with Crippen LogP contribution in [0.4, 0.5) is 10.8 Å². The molecule has 2 heterocycles. The number of rotatable bonds is 6. The Kier molecular flexibility index (Phi) is 4.93. The van der Waals surface area contributed by atoms with Crippen LogP contribution in [0.3, 0.4) is 0 Å². The predicted octanol–water partition coefficient (Wildman–Crippen LogP) is 4.00. The van der Waals surface area contributed by atoms with Crippen LogP contribution in [0.2, 0.25) is 0 Å². The molecule has 0 saturated heterocycles. The number of thiazole rings is 1.